The van der Waals surface area contributed by atoms with Gasteiger partial charge in [0.05, 0.1) is 0 Å². The van der Waals surface area contributed by atoms with Crippen molar-refractivity contribution in [2.24, 2.45) is 5.92 Å². The Balaban J connectivity index is 1.82. The van der Waals surface area contributed by atoms with E-state index in [0.29, 0.717) is 12.0 Å². The topological polar surface area (TPSA) is 19.0 Å². The summed E-state index contributed by atoms with van der Waals surface area (Å²) in [5.74, 6) is 2.67. The third-order valence-corrected chi connectivity index (χ3v) is 6.59. The zero-order chi connectivity index (χ0) is 16.7. The van der Waals surface area contributed by atoms with Crippen LogP contribution in [0.1, 0.15) is 29.2 Å². The van der Waals surface area contributed by atoms with Crippen LogP contribution in [0.4, 0.5) is 0 Å². The average molecular weight is 339 g/mol. The molecule has 24 heavy (non-hydrogen) atoms. The second-order valence-corrected chi connectivity index (χ2v) is 8.08. The maximum Gasteiger partial charge on any atom is 0.0464 e. The first-order valence-electron chi connectivity index (χ1n) is 8.86. The van der Waals surface area contributed by atoms with E-state index < -0.39 is 0 Å². The number of nitrogens with zero attached hydrogens (tertiary/aromatic N) is 1. The third kappa shape index (κ3) is 2.46. The largest absolute Gasteiger partial charge is 0.355 e. The van der Waals surface area contributed by atoms with Gasteiger partial charge in [-0.15, -0.1) is 6.58 Å². The lowest BCUT2D eigenvalue weighted by Crippen LogP contribution is -2.50. The number of likely N-dealkylation sites (tertiary alicyclic amines) is 1. The highest BCUT2D eigenvalue weighted by Gasteiger charge is 2.40. The van der Waals surface area contributed by atoms with Crippen molar-refractivity contribution in [1.82, 2.24) is 9.88 Å². The van der Waals surface area contributed by atoms with Crippen molar-refractivity contribution in [2.45, 2.75) is 24.8 Å². The van der Waals surface area contributed by atoms with E-state index in [0.717, 1.165) is 18.9 Å². The number of hydrogen-bond acceptors (Lipinski definition) is 2. The zero-order valence-electron chi connectivity index (χ0n) is 14.4. The Morgan fingerprint density at radius 2 is 2.25 bits per heavy atom. The Morgan fingerprint density at radius 3 is 3.00 bits per heavy atom. The van der Waals surface area contributed by atoms with E-state index in [-0.39, 0.29) is 0 Å². The summed E-state index contributed by atoms with van der Waals surface area (Å²) in [7, 11) is 0. The molecule has 4 rings (SSSR count). The summed E-state index contributed by atoms with van der Waals surface area (Å²) in [6.07, 6.45) is 8.72. The van der Waals surface area contributed by atoms with E-state index in [1.54, 1.807) is 5.56 Å². The van der Waals surface area contributed by atoms with Gasteiger partial charge in [0.2, 0.25) is 0 Å². The standard InChI is InChI=1S/C21H26N2S/c1-4-9-23-12-14(13-24-3)10-16-15-7-6-8-19-21(15)17(11-20(16)23)18(5-2)22-19/h4-8,14,16,20,22H,1-2,9-13H2,3H3/t14-,16-,20-/m1/s1. The molecule has 0 radical (unpaired) electrons. The van der Waals surface area contributed by atoms with Gasteiger partial charge < -0.3 is 4.98 Å². The highest BCUT2D eigenvalue weighted by Crippen LogP contribution is 2.46. The summed E-state index contributed by atoms with van der Waals surface area (Å²) in [5, 5.41) is 1.47. The van der Waals surface area contributed by atoms with Crippen LogP contribution in [0.3, 0.4) is 0 Å². The van der Waals surface area contributed by atoms with Crippen molar-refractivity contribution in [1.29, 1.82) is 0 Å². The van der Waals surface area contributed by atoms with Gasteiger partial charge in [-0.3, -0.25) is 4.90 Å². The molecule has 1 aromatic heterocycles. The van der Waals surface area contributed by atoms with Crippen LogP contribution in [0, 0.1) is 5.92 Å². The van der Waals surface area contributed by atoms with Crippen LogP contribution in [-0.4, -0.2) is 41.0 Å². The molecule has 1 aliphatic heterocycles. The molecular weight excluding hydrogens is 312 g/mol. The van der Waals surface area contributed by atoms with Crippen molar-refractivity contribution in [3.8, 4) is 0 Å². The smallest absolute Gasteiger partial charge is 0.0464 e. The highest BCUT2D eigenvalue weighted by molar-refractivity contribution is 7.98. The van der Waals surface area contributed by atoms with Gasteiger partial charge >= 0.3 is 0 Å². The number of fused-ring (bicyclic) bond motifs is 2. The van der Waals surface area contributed by atoms with Gasteiger partial charge in [-0.2, -0.15) is 11.8 Å². The second-order valence-electron chi connectivity index (χ2n) is 7.17. The van der Waals surface area contributed by atoms with E-state index in [1.807, 2.05) is 17.8 Å². The molecular formula is C21H26N2S. The number of piperidine rings is 1. The minimum atomic E-state index is 0.591. The van der Waals surface area contributed by atoms with Gasteiger partial charge in [0.1, 0.15) is 0 Å². The number of aromatic nitrogens is 1. The average Bonchev–Trinajstić information content (AvgIpc) is 2.96. The van der Waals surface area contributed by atoms with Crippen LogP contribution in [0.5, 0.6) is 0 Å². The normalized spacial score (nSPS) is 26.3. The number of H-pyrrole nitrogens is 1. The minimum absolute atomic E-state index is 0.591. The van der Waals surface area contributed by atoms with Gasteiger partial charge in [0.25, 0.3) is 0 Å². The third-order valence-electron chi connectivity index (χ3n) is 5.79. The number of aromatic amines is 1. The Labute approximate surface area is 149 Å². The Hall–Kier alpha value is -1.45. The molecule has 0 spiro atoms. The molecule has 126 valence electrons. The molecule has 1 saturated heterocycles. The summed E-state index contributed by atoms with van der Waals surface area (Å²) >= 11 is 1.98. The predicted octanol–water partition coefficient (Wildman–Crippen LogP) is 4.69. The molecule has 2 nitrogen and oxygen atoms in total. The van der Waals surface area contributed by atoms with Gasteiger partial charge in [-0.25, -0.2) is 0 Å². The van der Waals surface area contributed by atoms with Crippen LogP contribution in [0.25, 0.3) is 17.0 Å². The summed E-state index contributed by atoms with van der Waals surface area (Å²) in [5.41, 5.74) is 5.50. The van der Waals surface area contributed by atoms with Crippen molar-refractivity contribution in [2.75, 3.05) is 25.1 Å². The lowest BCUT2D eigenvalue weighted by atomic mass is 9.72. The summed E-state index contributed by atoms with van der Waals surface area (Å²) in [4.78, 5) is 6.25. The van der Waals surface area contributed by atoms with Crippen molar-refractivity contribution < 1.29 is 0 Å². The maximum atomic E-state index is 4.02. The van der Waals surface area contributed by atoms with Gasteiger partial charge in [0, 0.05) is 41.6 Å². The molecule has 1 N–H and O–H groups in total. The lowest BCUT2D eigenvalue weighted by Gasteiger charge is -2.47. The van der Waals surface area contributed by atoms with E-state index in [4.69, 9.17) is 0 Å². The fourth-order valence-electron chi connectivity index (χ4n) is 4.92. The molecule has 2 heterocycles. The first kappa shape index (κ1) is 16.0. The predicted molar refractivity (Wildman–Crippen MR) is 107 cm³/mol. The van der Waals surface area contributed by atoms with Crippen LogP contribution >= 0.6 is 11.8 Å². The first-order chi connectivity index (χ1) is 11.8. The molecule has 1 fully saturated rings. The monoisotopic (exact) mass is 338 g/mol. The molecule has 3 atom stereocenters. The van der Waals surface area contributed by atoms with Crippen molar-refractivity contribution in [3.05, 3.63) is 54.3 Å². The fraction of sp³-hybridized carbons (Fsp3) is 0.429. The van der Waals surface area contributed by atoms with E-state index in [9.17, 15) is 0 Å². The quantitative estimate of drug-likeness (QED) is 0.798. The van der Waals surface area contributed by atoms with Gasteiger partial charge in [-0.1, -0.05) is 24.8 Å². The summed E-state index contributed by atoms with van der Waals surface area (Å²) < 4.78 is 0. The van der Waals surface area contributed by atoms with Crippen LogP contribution < -0.4 is 0 Å². The van der Waals surface area contributed by atoms with Crippen LogP contribution in [0.2, 0.25) is 0 Å². The van der Waals surface area contributed by atoms with Crippen LogP contribution in [-0.2, 0) is 6.42 Å². The number of benzene rings is 1. The Kier molecular flexibility index (Phi) is 4.31. The molecule has 1 aliphatic carbocycles. The molecule has 3 heteroatoms. The van der Waals surface area contributed by atoms with Gasteiger partial charge in [0.15, 0.2) is 0 Å². The molecule has 1 aromatic carbocycles. The minimum Gasteiger partial charge on any atom is -0.355 e. The molecule has 0 bridgehead atoms. The number of rotatable bonds is 5. The zero-order valence-corrected chi connectivity index (χ0v) is 15.2. The summed E-state index contributed by atoms with van der Waals surface area (Å²) in [6, 6.07) is 7.37. The molecule has 0 amide bonds. The Morgan fingerprint density at radius 1 is 1.38 bits per heavy atom. The molecule has 0 saturated carbocycles. The maximum absolute atomic E-state index is 4.02. The fourth-order valence-corrected chi connectivity index (χ4v) is 5.63. The lowest BCUT2D eigenvalue weighted by molar-refractivity contribution is 0.105. The molecule has 0 unspecified atom stereocenters. The number of hydrogen-bond donors (Lipinski definition) is 1. The van der Waals surface area contributed by atoms with E-state index in [2.05, 4.69) is 53.6 Å². The highest BCUT2D eigenvalue weighted by atomic mass is 32.2. The molecule has 2 aliphatic rings. The van der Waals surface area contributed by atoms with E-state index >= 15 is 0 Å². The number of thioether (sulfide) groups is 1. The first-order valence-corrected chi connectivity index (χ1v) is 10.3. The van der Waals surface area contributed by atoms with Crippen molar-refractivity contribution >= 4 is 28.7 Å². The SMILES string of the molecule is C=CCN1C[C@H](CSC)C[C@@H]2c3cccc4[nH]c(C=C)c(c34)C[C@H]21. The van der Waals surface area contributed by atoms with E-state index in [1.165, 1.54) is 40.9 Å². The van der Waals surface area contributed by atoms with Crippen LogP contribution in [0.15, 0.2) is 37.4 Å². The van der Waals surface area contributed by atoms with Gasteiger partial charge in [-0.05, 0) is 54.0 Å². The van der Waals surface area contributed by atoms with Crippen molar-refractivity contribution in [3.63, 3.8) is 0 Å². The summed E-state index contributed by atoms with van der Waals surface area (Å²) in [6.45, 7) is 10.2. The molecule has 2 aromatic rings. The number of nitrogens with one attached hydrogen (secondary N) is 1. The Bertz CT molecular complexity index is 775. The second kappa shape index (κ2) is 6.45.